The molecule has 1 atom stereocenters. The Balaban J connectivity index is 1.52. The van der Waals surface area contributed by atoms with Crippen LogP contribution in [-0.4, -0.2) is 51.5 Å². The standard InChI is InChI=1S/C21H28N5O7P/c1-14(2)33-21(28)30-12-32-34(31-10-16-6-4-15(3)5-7-16)13-29-9-8-26-11-23-17-18(26)24-20(22)25-19(17)27/h4-7,11,14H,8-10,12-13H2,1-3H3,(H3,22,24,25,27). The largest absolute Gasteiger partial charge is 0.510 e. The molecule has 0 saturated carbocycles. The molecule has 1 aromatic carbocycles. The number of rotatable bonds is 12. The first-order valence-corrected chi connectivity index (χ1v) is 11.9. The Morgan fingerprint density at radius 1 is 1.24 bits per heavy atom. The van der Waals surface area contributed by atoms with Gasteiger partial charge in [0.15, 0.2) is 11.2 Å². The van der Waals surface area contributed by atoms with Crippen LogP contribution in [0.5, 0.6) is 0 Å². The van der Waals surface area contributed by atoms with Crippen molar-refractivity contribution in [3.8, 4) is 0 Å². The van der Waals surface area contributed by atoms with Gasteiger partial charge in [-0.1, -0.05) is 29.8 Å². The van der Waals surface area contributed by atoms with Crippen LogP contribution in [0.4, 0.5) is 10.7 Å². The monoisotopic (exact) mass is 493 g/mol. The Kier molecular flexibility index (Phi) is 9.34. The van der Waals surface area contributed by atoms with Crippen LogP contribution in [0.1, 0.15) is 25.0 Å². The number of aryl methyl sites for hydroxylation is 1. The van der Waals surface area contributed by atoms with Crippen molar-refractivity contribution in [2.45, 2.75) is 40.0 Å². The summed E-state index contributed by atoms with van der Waals surface area (Å²) in [5, 5.41) is 0. The number of carbonyl (C=O) groups excluding carboxylic acids is 1. The zero-order chi connectivity index (χ0) is 24.5. The summed E-state index contributed by atoms with van der Waals surface area (Å²) in [6, 6.07) is 7.91. The highest BCUT2D eigenvalue weighted by Gasteiger charge is 2.15. The van der Waals surface area contributed by atoms with Gasteiger partial charge < -0.3 is 29.0 Å². The van der Waals surface area contributed by atoms with Gasteiger partial charge in [-0.3, -0.25) is 14.3 Å². The van der Waals surface area contributed by atoms with E-state index in [2.05, 4.69) is 15.0 Å². The number of anilines is 1. The molecule has 0 amide bonds. The van der Waals surface area contributed by atoms with Crippen molar-refractivity contribution < 1.29 is 28.1 Å². The van der Waals surface area contributed by atoms with Crippen molar-refractivity contribution >= 4 is 31.6 Å². The van der Waals surface area contributed by atoms with E-state index in [9.17, 15) is 9.59 Å². The lowest BCUT2D eigenvalue weighted by Crippen LogP contribution is -2.15. The predicted molar refractivity (Wildman–Crippen MR) is 125 cm³/mol. The number of aromatic amines is 1. The lowest BCUT2D eigenvalue weighted by atomic mass is 10.2. The fraction of sp³-hybridized carbons (Fsp3) is 0.429. The molecule has 0 fully saturated rings. The second kappa shape index (κ2) is 12.4. The fourth-order valence-electron chi connectivity index (χ4n) is 2.74. The number of carbonyl (C=O) groups is 1. The van der Waals surface area contributed by atoms with Crippen LogP contribution in [0.25, 0.3) is 11.2 Å². The fourth-order valence-corrected chi connectivity index (χ4v) is 3.70. The summed E-state index contributed by atoms with van der Waals surface area (Å²) in [7, 11) is -1.53. The normalized spacial score (nSPS) is 12.2. The van der Waals surface area contributed by atoms with Gasteiger partial charge in [0, 0.05) is 6.54 Å². The quantitative estimate of drug-likeness (QED) is 0.167. The van der Waals surface area contributed by atoms with E-state index >= 15 is 0 Å². The first-order chi connectivity index (χ1) is 16.3. The number of hydrogen-bond donors (Lipinski definition) is 2. The summed E-state index contributed by atoms with van der Waals surface area (Å²) in [6.45, 7) is 6.08. The topological polar surface area (TPSA) is 153 Å². The molecule has 0 spiro atoms. The minimum atomic E-state index is -1.53. The van der Waals surface area contributed by atoms with Gasteiger partial charge in [0.2, 0.25) is 21.1 Å². The van der Waals surface area contributed by atoms with E-state index in [-0.39, 0.29) is 37.3 Å². The number of imidazole rings is 1. The van der Waals surface area contributed by atoms with Gasteiger partial charge >= 0.3 is 6.16 Å². The first kappa shape index (κ1) is 25.6. The van der Waals surface area contributed by atoms with Crippen molar-refractivity contribution in [1.29, 1.82) is 0 Å². The predicted octanol–water partition coefficient (Wildman–Crippen LogP) is 3.05. The molecule has 3 N–H and O–H groups in total. The number of nitrogens with one attached hydrogen (secondary N) is 1. The number of aromatic nitrogens is 4. The highest BCUT2D eigenvalue weighted by Crippen LogP contribution is 2.39. The van der Waals surface area contributed by atoms with Crippen molar-refractivity contribution in [2.75, 3.05) is 25.5 Å². The summed E-state index contributed by atoms with van der Waals surface area (Å²) in [5.74, 6) is 0.0117. The maximum Gasteiger partial charge on any atom is 0.510 e. The highest BCUT2D eigenvalue weighted by atomic mass is 31.2. The number of benzene rings is 1. The zero-order valence-corrected chi connectivity index (χ0v) is 20.1. The zero-order valence-electron chi connectivity index (χ0n) is 19.2. The van der Waals surface area contributed by atoms with E-state index < -0.39 is 20.1 Å². The third-order valence-corrected chi connectivity index (χ3v) is 5.57. The number of H-pyrrole nitrogens is 1. The molecule has 34 heavy (non-hydrogen) atoms. The van der Waals surface area contributed by atoms with Crippen LogP contribution in [0.3, 0.4) is 0 Å². The lowest BCUT2D eigenvalue weighted by Gasteiger charge is -2.18. The number of fused-ring (bicyclic) bond motifs is 1. The second-order valence-electron chi connectivity index (χ2n) is 7.50. The molecule has 3 aromatic rings. The molecule has 2 aromatic heterocycles. The van der Waals surface area contributed by atoms with Crippen LogP contribution < -0.4 is 11.3 Å². The average molecular weight is 493 g/mol. The van der Waals surface area contributed by atoms with Gasteiger partial charge in [0.05, 0.1) is 25.6 Å². The minimum absolute atomic E-state index is 0.0117. The summed E-state index contributed by atoms with van der Waals surface area (Å²) in [6.07, 6.45) is 0.511. The number of ether oxygens (including phenoxy) is 3. The maximum atomic E-state index is 11.9. The third-order valence-electron chi connectivity index (χ3n) is 4.37. The number of nitrogens with two attached hydrogens (primary N) is 1. The SMILES string of the molecule is Cc1ccc(COP(COCCn2cnc3c(=O)[nH]c(N)nc32)OCOC(=O)OC(C)C)cc1. The Morgan fingerprint density at radius 3 is 2.74 bits per heavy atom. The Bertz CT molecular complexity index is 1130. The molecule has 1 unspecified atom stereocenters. The van der Waals surface area contributed by atoms with Gasteiger partial charge in [-0.15, -0.1) is 0 Å². The van der Waals surface area contributed by atoms with E-state index in [1.54, 1.807) is 18.4 Å². The molecule has 0 aliphatic rings. The third kappa shape index (κ3) is 7.77. The minimum Gasteiger partial charge on any atom is -0.432 e. The molecular weight excluding hydrogens is 465 g/mol. The van der Waals surface area contributed by atoms with Crippen LogP contribution >= 0.6 is 8.38 Å². The van der Waals surface area contributed by atoms with E-state index in [0.717, 1.165) is 11.1 Å². The number of hydrogen-bond acceptors (Lipinski definition) is 10. The molecule has 184 valence electrons. The van der Waals surface area contributed by atoms with Gasteiger partial charge in [-0.2, -0.15) is 4.98 Å². The molecule has 13 heteroatoms. The Hall–Kier alpha value is -3.05. The van der Waals surface area contributed by atoms with Gasteiger partial charge in [-0.25, -0.2) is 9.78 Å². The van der Waals surface area contributed by atoms with Crippen molar-refractivity contribution in [2.24, 2.45) is 0 Å². The van der Waals surface area contributed by atoms with Gasteiger partial charge in [-0.05, 0) is 26.3 Å². The average Bonchev–Trinajstić information content (AvgIpc) is 3.18. The van der Waals surface area contributed by atoms with Crippen LogP contribution in [0, 0.1) is 6.92 Å². The first-order valence-electron chi connectivity index (χ1n) is 10.5. The van der Waals surface area contributed by atoms with Gasteiger partial charge in [0.1, 0.15) is 6.35 Å². The summed E-state index contributed by atoms with van der Waals surface area (Å²) < 4.78 is 28.7. The van der Waals surface area contributed by atoms with Crippen LogP contribution in [0.2, 0.25) is 0 Å². The van der Waals surface area contributed by atoms with E-state index in [1.165, 1.54) is 6.33 Å². The smallest absolute Gasteiger partial charge is 0.432 e. The summed E-state index contributed by atoms with van der Waals surface area (Å²) >= 11 is 0. The maximum absolute atomic E-state index is 11.9. The van der Waals surface area contributed by atoms with E-state index in [4.69, 9.17) is 29.0 Å². The summed E-state index contributed by atoms with van der Waals surface area (Å²) in [4.78, 5) is 34.0. The van der Waals surface area contributed by atoms with Crippen molar-refractivity contribution in [1.82, 2.24) is 19.5 Å². The molecule has 3 rings (SSSR count). The van der Waals surface area contributed by atoms with E-state index in [1.807, 2.05) is 31.2 Å². The molecule has 0 saturated heterocycles. The molecular formula is C21H28N5O7P. The highest BCUT2D eigenvalue weighted by molar-refractivity contribution is 7.46. The molecule has 2 heterocycles. The molecule has 0 aliphatic carbocycles. The Labute approximate surface area is 197 Å². The number of nitrogen functional groups attached to an aromatic ring is 1. The Morgan fingerprint density at radius 2 is 2.00 bits per heavy atom. The van der Waals surface area contributed by atoms with Crippen molar-refractivity contribution in [3.63, 3.8) is 0 Å². The molecule has 12 nitrogen and oxygen atoms in total. The molecule has 0 aliphatic heterocycles. The molecule has 0 bridgehead atoms. The van der Waals surface area contributed by atoms with Gasteiger partial charge in [0.25, 0.3) is 5.56 Å². The number of nitrogens with zero attached hydrogens (tertiary/aromatic N) is 3. The van der Waals surface area contributed by atoms with Crippen molar-refractivity contribution in [3.05, 3.63) is 52.1 Å². The van der Waals surface area contributed by atoms with Crippen LogP contribution in [0.15, 0.2) is 35.4 Å². The molecule has 0 radical (unpaired) electrons. The van der Waals surface area contributed by atoms with E-state index in [0.29, 0.717) is 18.8 Å². The summed E-state index contributed by atoms with van der Waals surface area (Å²) in [5.41, 5.74) is 7.90. The van der Waals surface area contributed by atoms with Crippen LogP contribution in [-0.2, 0) is 36.4 Å². The lowest BCUT2D eigenvalue weighted by molar-refractivity contribution is -0.0113. The second-order valence-corrected chi connectivity index (χ2v) is 8.94.